The molecule has 0 amide bonds. The molecule has 7 heteroatoms. The summed E-state index contributed by atoms with van der Waals surface area (Å²) in [6.07, 6.45) is 0.787. The summed E-state index contributed by atoms with van der Waals surface area (Å²) in [5.74, 6) is 7.56. The SMILES string of the molecule is COCCOCCCOc1nc(C(C)C)nc(NN)c1C. The van der Waals surface area contributed by atoms with E-state index >= 15 is 0 Å². The van der Waals surface area contributed by atoms with E-state index in [0.29, 0.717) is 43.9 Å². The van der Waals surface area contributed by atoms with Crippen molar-refractivity contribution in [2.75, 3.05) is 39.0 Å². The van der Waals surface area contributed by atoms with Crippen molar-refractivity contribution in [2.24, 2.45) is 5.84 Å². The topological polar surface area (TPSA) is 91.5 Å². The Morgan fingerprint density at radius 3 is 2.52 bits per heavy atom. The maximum atomic E-state index is 5.72. The van der Waals surface area contributed by atoms with Gasteiger partial charge in [0.2, 0.25) is 5.88 Å². The fourth-order valence-electron chi connectivity index (χ4n) is 1.63. The van der Waals surface area contributed by atoms with Crippen LogP contribution in [-0.4, -0.2) is 43.5 Å². The molecule has 0 atom stereocenters. The molecule has 0 fully saturated rings. The van der Waals surface area contributed by atoms with Crippen LogP contribution in [0.1, 0.15) is 37.6 Å². The van der Waals surface area contributed by atoms with Gasteiger partial charge in [0.15, 0.2) is 0 Å². The van der Waals surface area contributed by atoms with Crippen molar-refractivity contribution in [3.8, 4) is 5.88 Å². The van der Waals surface area contributed by atoms with E-state index in [-0.39, 0.29) is 5.92 Å². The number of anilines is 1. The fraction of sp³-hybridized carbons (Fsp3) is 0.714. The first-order valence-electron chi connectivity index (χ1n) is 7.14. The Kier molecular flexibility index (Phi) is 7.96. The van der Waals surface area contributed by atoms with E-state index in [4.69, 9.17) is 20.1 Å². The van der Waals surface area contributed by atoms with Gasteiger partial charge in [0.25, 0.3) is 0 Å². The molecule has 0 radical (unpaired) electrons. The predicted molar refractivity (Wildman–Crippen MR) is 81.5 cm³/mol. The highest BCUT2D eigenvalue weighted by Crippen LogP contribution is 2.24. The van der Waals surface area contributed by atoms with Crippen LogP contribution in [0.3, 0.4) is 0 Å². The molecule has 0 spiro atoms. The van der Waals surface area contributed by atoms with Crippen LogP contribution in [0.15, 0.2) is 0 Å². The quantitative estimate of drug-likeness (QED) is 0.385. The third-order valence-corrected chi connectivity index (χ3v) is 2.88. The first kappa shape index (κ1) is 17.6. The standard InChI is InChI=1S/C14H26N4O3/c1-10(2)12-16-13(18-15)11(3)14(17-12)21-7-5-6-20-9-8-19-4/h10H,5-9,15H2,1-4H3,(H,16,17,18). The van der Waals surface area contributed by atoms with Crippen LogP contribution in [0, 0.1) is 6.92 Å². The molecule has 1 heterocycles. The van der Waals surface area contributed by atoms with Crippen LogP contribution in [0.5, 0.6) is 5.88 Å². The van der Waals surface area contributed by atoms with Crippen LogP contribution < -0.4 is 16.0 Å². The monoisotopic (exact) mass is 298 g/mol. The van der Waals surface area contributed by atoms with Gasteiger partial charge in [-0.15, -0.1) is 0 Å². The van der Waals surface area contributed by atoms with Crippen molar-refractivity contribution in [1.82, 2.24) is 9.97 Å². The summed E-state index contributed by atoms with van der Waals surface area (Å²) >= 11 is 0. The van der Waals surface area contributed by atoms with Crippen LogP contribution in [0.4, 0.5) is 5.82 Å². The van der Waals surface area contributed by atoms with Crippen molar-refractivity contribution in [3.63, 3.8) is 0 Å². The number of hydrazine groups is 1. The van der Waals surface area contributed by atoms with E-state index in [1.807, 2.05) is 20.8 Å². The summed E-state index contributed by atoms with van der Waals surface area (Å²) in [6, 6.07) is 0. The molecule has 7 nitrogen and oxygen atoms in total. The summed E-state index contributed by atoms with van der Waals surface area (Å²) in [5.41, 5.74) is 3.39. The van der Waals surface area contributed by atoms with Crippen LogP contribution in [0.2, 0.25) is 0 Å². The van der Waals surface area contributed by atoms with Gasteiger partial charge in [-0.3, -0.25) is 0 Å². The summed E-state index contributed by atoms with van der Waals surface area (Å²) in [4.78, 5) is 8.80. The number of ether oxygens (including phenoxy) is 3. The van der Waals surface area contributed by atoms with Gasteiger partial charge in [0, 0.05) is 26.1 Å². The number of nitrogen functional groups attached to an aromatic ring is 1. The molecule has 1 aromatic heterocycles. The van der Waals surface area contributed by atoms with Gasteiger partial charge in [0.1, 0.15) is 11.6 Å². The zero-order valence-electron chi connectivity index (χ0n) is 13.3. The van der Waals surface area contributed by atoms with Gasteiger partial charge < -0.3 is 19.6 Å². The maximum Gasteiger partial charge on any atom is 0.221 e. The van der Waals surface area contributed by atoms with Crippen molar-refractivity contribution in [1.29, 1.82) is 0 Å². The molecule has 0 bridgehead atoms. The normalized spacial score (nSPS) is 11.0. The van der Waals surface area contributed by atoms with Crippen LogP contribution in [-0.2, 0) is 9.47 Å². The summed E-state index contributed by atoms with van der Waals surface area (Å²) < 4.78 is 16.0. The lowest BCUT2D eigenvalue weighted by atomic mass is 10.2. The molecule has 3 N–H and O–H groups in total. The number of hydrogen-bond acceptors (Lipinski definition) is 7. The first-order valence-corrected chi connectivity index (χ1v) is 7.14. The highest BCUT2D eigenvalue weighted by molar-refractivity contribution is 5.47. The Labute approximate surface area is 126 Å². The average molecular weight is 298 g/mol. The lowest BCUT2D eigenvalue weighted by molar-refractivity contribution is 0.0641. The van der Waals surface area contributed by atoms with E-state index in [2.05, 4.69) is 15.4 Å². The Morgan fingerprint density at radius 1 is 1.14 bits per heavy atom. The number of hydrogen-bond donors (Lipinski definition) is 2. The van der Waals surface area contributed by atoms with E-state index < -0.39 is 0 Å². The van der Waals surface area contributed by atoms with Crippen LogP contribution >= 0.6 is 0 Å². The van der Waals surface area contributed by atoms with Crippen molar-refractivity contribution < 1.29 is 14.2 Å². The lowest BCUT2D eigenvalue weighted by Crippen LogP contribution is -2.15. The zero-order chi connectivity index (χ0) is 15.7. The molecular weight excluding hydrogens is 272 g/mol. The second-order valence-electron chi connectivity index (χ2n) is 4.97. The molecule has 21 heavy (non-hydrogen) atoms. The second kappa shape index (κ2) is 9.49. The second-order valence-corrected chi connectivity index (χ2v) is 4.97. The molecule has 1 aromatic rings. The van der Waals surface area contributed by atoms with E-state index in [1.165, 1.54) is 0 Å². The van der Waals surface area contributed by atoms with Crippen molar-refractivity contribution >= 4 is 5.82 Å². The smallest absolute Gasteiger partial charge is 0.221 e. The van der Waals surface area contributed by atoms with E-state index in [9.17, 15) is 0 Å². The van der Waals surface area contributed by atoms with E-state index in [1.54, 1.807) is 7.11 Å². The summed E-state index contributed by atoms with van der Waals surface area (Å²) in [7, 11) is 1.65. The van der Waals surface area contributed by atoms with Crippen LogP contribution in [0.25, 0.3) is 0 Å². The third kappa shape index (κ3) is 5.82. The fourth-order valence-corrected chi connectivity index (χ4v) is 1.63. The molecule has 0 unspecified atom stereocenters. The number of nitrogens with two attached hydrogens (primary N) is 1. The minimum atomic E-state index is 0.206. The number of nitrogens with zero attached hydrogens (tertiary/aromatic N) is 2. The summed E-state index contributed by atoms with van der Waals surface area (Å²) in [6.45, 7) is 8.30. The molecule has 1 rings (SSSR count). The maximum absolute atomic E-state index is 5.72. The summed E-state index contributed by atoms with van der Waals surface area (Å²) in [5, 5.41) is 0. The van der Waals surface area contributed by atoms with Gasteiger partial charge in [-0.05, 0) is 6.92 Å². The number of rotatable bonds is 10. The average Bonchev–Trinajstić information content (AvgIpc) is 2.47. The minimum Gasteiger partial charge on any atom is -0.477 e. The number of nitrogens with one attached hydrogen (secondary N) is 1. The van der Waals surface area contributed by atoms with Gasteiger partial charge in [-0.25, -0.2) is 10.8 Å². The minimum absolute atomic E-state index is 0.206. The Morgan fingerprint density at radius 2 is 1.90 bits per heavy atom. The first-order chi connectivity index (χ1) is 10.1. The van der Waals surface area contributed by atoms with Gasteiger partial charge >= 0.3 is 0 Å². The molecule has 0 aliphatic heterocycles. The largest absolute Gasteiger partial charge is 0.477 e. The molecule has 120 valence electrons. The Bertz CT molecular complexity index is 427. The molecule has 0 saturated carbocycles. The highest BCUT2D eigenvalue weighted by Gasteiger charge is 2.13. The van der Waals surface area contributed by atoms with Crippen molar-refractivity contribution in [2.45, 2.75) is 33.1 Å². The molecule has 0 aromatic carbocycles. The third-order valence-electron chi connectivity index (χ3n) is 2.88. The van der Waals surface area contributed by atoms with Crippen molar-refractivity contribution in [3.05, 3.63) is 11.4 Å². The molecular formula is C14H26N4O3. The van der Waals surface area contributed by atoms with Gasteiger partial charge in [0.05, 0.1) is 25.4 Å². The van der Waals surface area contributed by atoms with Gasteiger partial charge in [-0.1, -0.05) is 13.8 Å². The Balaban J connectivity index is 2.52. The molecule has 0 saturated heterocycles. The highest BCUT2D eigenvalue weighted by atomic mass is 16.5. The number of methoxy groups -OCH3 is 1. The predicted octanol–water partition coefficient (Wildman–Crippen LogP) is 1.63. The lowest BCUT2D eigenvalue weighted by Gasteiger charge is -2.14. The van der Waals surface area contributed by atoms with Gasteiger partial charge in [-0.2, -0.15) is 4.98 Å². The molecule has 0 aliphatic carbocycles. The van der Waals surface area contributed by atoms with E-state index in [0.717, 1.165) is 12.0 Å². The molecule has 0 aliphatic rings. The number of aromatic nitrogens is 2. The zero-order valence-corrected chi connectivity index (χ0v) is 13.3. The Hall–Kier alpha value is -1.44.